The van der Waals surface area contributed by atoms with Crippen molar-refractivity contribution in [3.05, 3.63) is 28.6 Å². The number of aliphatic hydroxyl groups is 1. The highest BCUT2D eigenvalue weighted by Gasteiger charge is 2.30. The van der Waals surface area contributed by atoms with Crippen molar-refractivity contribution in [2.75, 3.05) is 26.8 Å². The summed E-state index contributed by atoms with van der Waals surface area (Å²) in [5.41, 5.74) is 3.02. The Morgan fingerprint density at radius 2 is 2.23 bits per heavy atom. The predicted octanol–water partition coefficient (Wildman–Crippen LogP) is 0.861. The van der Waals surface area contributed by atoms with Crippen molar-refractivity contribution in [1.29, 1.82) is 5.26 Å². The fraction of sp³-hybridized carbons (Fsp3) is 0.500. The second-order valence-corrected chi connectivity index (χ2v) is 5.50. The van der Waals surface area contributed by atoms with Crippen molar-refractivity contribution in [1.82, 2.24) is 9.47 Å². The van der Waals surface area contributed by atoms with Crippen LogP contribution in [0.5, 0.6) is 0 Å². The van der Waals surface area contributed by atoms with E-state index in [1.54, 1.807) is 13.2 Å². The van der Waals surface area contributed by atoms with Crippen molar-refractivity contribution in [3.63, 3.8) is 0 Å². The van der Waals surface area contributed by atoms with Gasteiger partial charge in [-0.1, -0.05) is 0 Å². The van der Waals surface area contributed by atoms with Crippen LogP contribution in [-0.2, 0) is 16.1 Å². The molecule has 1 amide bonds. The third-order valence-electron chi connectivity index (χ3n) is 3.93. The molecule has 1 aliphatic heterocycles. The quantitative estimate of drug-likeness (QED) is 0.646. The summed E-state index contributed by atoms with van der Waals surface area (Å²) in [6, 6.07) is 3.93. The van der Waals surface area contributed by atoms with Crippen LogP contribution in [0.15, 0.2) is 11.6 Å². The molecule has 1 saturated heterocycles. The summed E-state index contributed by atoms with van der Waals surface area (Å²) < 4.78 is 7.20. The zero-order chi connectivity index (χ0) is 16.3. The van der Waals surface area contributed by atoms with E-state index < -0.39 is 6.10 Å². The van der Waals surface area contributed by atoms with E-state index in [1.165, 1.54) is 4.90 Å². The Hall–Kier alpha value is -2.10. The van der Waals surface area contributed by atoms with E-state index in [-0.39, 0.29) is 11.5 Å². The van der Waals surface area contributed by atoms with Crippen LogP contribution >= 0.6 is 0 Å². The molecule has 118 valence electrons. The number of likely N-dealkylation sites (tertiary alicyclic amines) is 1. The predicted molar refractivity (Wildman–Crippen MR) is 82.0 cm³/mol. The zero-order valence-corrected chi connectivity index (χ0v) is 13.2. The Morgan fingerprint density at radius 3 is 2.77 bits per heavy atom. The lowest BCUT2D eigenvalue weighted by atomic mass is 10.1. The number of carbonyl (C=O) groups excluding carboxylic acids is 1. The molecule has 6 heteroatoms. The van der Waals surface area contributed by atoms with Crippen LogP contribution in [-0.4, -0.2) is 53.4 Å². The van der Waals surface area contributed by atoms with Gasteiger partial charge in [0.05, 0.1) is 12.7 Å². The molecule has 0 bridgehead atoms. The van der Waals surface area contributed by atoms with Gasteiger partial charge in [0.15, 0.2) is 0 Å². The molecule has 1 aliphatic rings. The average Bonchev–Trinajstić information content (AvgIpc) is 2.73. The molecule has 2 rings (SSSR count). The lowest BCUT2D eigenvalue weighted by molar-refractivity contribution is -0.136. The number of carbonyl (C=O) groups is 1. The largest absolute Gasteiger partial charge is 0.389 e. The minimum absolute atomic E-state index is 0.0962. The maximum absolute atomic E-state index is 12.2. The van der Waals surface area contributed by atoms with E-state index in [9.17, 15) is 15.2 Å². The normalized spacial score (nSPS) is 15.6. The van der Waals surface area contributed by atoms with E-state index in [0.717, 1.165) is 23.5 Å². The van der Waals surface area contributed by atoms with Gasteiger partial charge < -0.3 is 19.3 Å². The summed E-state index contributed by atoms with van der Waals surface area (Å²) in [4.78, 5) is 13.7. The number of β-amino-alcohol motifs (C(OH)–C–C–N with tert-alkyl or cyclic N) is 1. The average molecular weight is 303 g/mol. The first-order chi connectivity index (χ1) is 10.5. The number of aliphatic hydroxyl groups excluding tert-OH is 1. The molecule has 0 spiro atoms. The number of nitriles is 1. The highest BCUT2D eigenvalue weighted by Crippen LogP contribution is 2.20. The van der Waals surface area contributed by atoms with Crippen LogP contribution in [0, 0.1) is 25.2 Å². The molecular weight excluding hydrogens is 282 g/mol. The van der Waals surface area contributed by atoms with Gasteiger partial charge in [-0.25, -0.2) is 0 Å². The molecule has 2 heterocycles. The molecule has 0 unspecified atom stereocenters. The number of aryl methyl sites for hydroxylation is 1. The van der Waals surface area contributed by atoms with E-state index in [0.29, 0.717) is 19.7 Å². The number of rotatable bonds is 5. The summed E-state index contributed by atoms with van der Waals surface area (Å²) in [5, 5.41) is 18.5. The third-order valence-corrected chi connectivity index (χ3v) is 3.93. The molecule has 0 radical (unpaired) electrons. The van der Waals surface area contributed by atoms with Gasteiger partial charge in [0.25, 0.3) is 5.91 Å². The summed E-state index contributed by atoms with van der Waals surface area (Å²) in [7, 11) is 1.66. The summed E-state index contributed by atoms with van der Waals surface area (Å²) in [5.74, 6) is -0.325. The minimum Gasteiger partial charge on any atom is -0.389 e. The maximum Gasteiger partial charge on any atom is 0.264 e. The molecule has 1 aromatic rings. The lowest BCUT2D eigenvalue weighted by Crippen LogP contribution is -2.53. The Balaban J connectivity index is 2.23. The molecule has 1 N–H and O–H groups in total. The number of aromatic nitrogens is 1. The second kappa shape index (κ2) is 6.77. The standard InChI is InChI=1S/C16H21N3O3/c1-11-6-13(12(2)19(11)4-5-22-3)7-14(8-17)16(21)18-9-15(20)10-18/h6-7,15,20H,4-5,9-10H2,1-3H3/b14-7-. The molecule has 0 aliphatic carbocycles. The van der Waals surface area contributed by atoms with Crippen LogP contribution in [0.1, 0.15) is 17.0 Å². The Morgan fingerprint density at radius 1 is 1.55 bits per heavy atom. The summed E-state index contributed by atoms with van der Waals surface area (Å²) >= 11 is 0. The van der Waals surface area contributed by atoms with Crippen LogP contribution in [0.4, 0.5) is 0 Å². The van der Waals surface area contributed by atoms with Gasteiger partial charge in [0.1, 0.15) is 11.6 Å². The molecular formula is C16H21N3O3. The van der Waals surface area contributed by atoms with Gasteiger partial charge in [-0.3, -0.25) is 4.79 Å². The Kier molecular flexibility index (Phi) is 5.01. The first-order valence-corrected chi connectivity index (χ1v) is 7.22. The van der Waals surface area contributed by atoms with Crippen LogP contribution in [0.25, 0.3) is 6.08 Å². The fourth-order valence-corrected chi connectivity index (χ4v) is 2.59. The maximum atomic E-state index is 12.2. The number of nitrogens with zero attached hydrogens (tertiary/aromatic N) is 3. The van der Waals surface area contributed by atoms with Crippen LogP contribution < -0.4 is 0 Å². The molecule has 0 aromatic carbocycles. The number of methoxy groups -OCH3 is 1. The molecule has 6 nitrogen and oxygen atoms in total. The van der Waals surface area contributed by atoms with Crippen LogP contribution in [0.2, 0.25) is 0 Å². The minimum atomic E-state index is -0.469. The lowest BCUT2D eigenvalue weighted by Gasteiger charge is -2.35. The van der Waals surface area contributed by atoms with Crippen molar-refractivity contribution in [3.8, 4) is 6.07 Å². The third kappa shape index (κ3) is 3.21. The smallest absolute Gasteiger partial charge is 0.264 e. The molecule has 0 saturated carbocycles. The first-order valence-electron chi connectivity index (χ1n) is 7.22. The topological polar surface area (TPSA) is 78.5 Å². The highest BCUT2D eigenvalue weighted by molar-refractivity contribution is 6.02. The Labute approximate surface area is 130 Å². The SMILES string of the molecule is COCCn1c(C)cc(/C=C(/C#N)C(=O)N2CC(O)C2)c1C. The van der Waals surface area contributed by atoms with Crippen molar-refractivity contribution < 1.29 is 14.6 Å². The van der Waals surface area contributed by atoms with Gasteiger partial charge >= 0.3 is 0 Å². The van der Waals surface area contributed by atoms with Gasteiger partial charge in [-0.15, -0.1) is 0 Å². The van der Waals surface area contributed by atoms with E-state index in [2.05, 4.69) is 4.57 Å². The van der Waals surface area contributed by atoms with Gasteiger partial charge in [0.2, 0.25) is 0 Å². The molecule has 1 fully saturated rings. The first kappa shape index (κ1) is 16.3. The number of hydrogen-bond acceptors (Lipinski definition) is 4. The number of hydrogen-bond donors (Lipinski definition) is 1. The fourth-order valence-electron chi connectivity index (χ4n) is 2.59. The van der Waals surface area contributed by atoms with Crippen molar-refractivity contribution >= 4 is 12.0 Å². The monoisotopic (exact) mass is 303 g/mol. The van der Waals surface area contributed by atoms with Crippen LogP contribution in [0.3, 0.4) is 0 Å². The second-order valence-electron chi connectivity index (χ2n) is 5.50. The molecule has 22 heavy (non-hydrogen) atoms. The van der Waals surface area contributed by atoms with E-state index in [4.69, 9.17) is 4.74 Å². The van der Waals surface area contributed by atoms with E-state index >= 15 is 0 Å². The van der Waals surface area contributed by atoms with E-state index in [1.807, 2.05) is 26.0 Å². The van der Waals surface area contributed by atoms with Gasteiger partial charge in [0, 0.05) is 38.1 Å². The van der Waals surface area contributed by atoms with Gasteiger partial charge in [-0.05, 0) is 31.6 Å². The zero-order valence-electron chi connectivity index (χ0n) is 13.2. The number of amides is 1. The summed E-state index contributed by atoms with van der Waals surface area (Å²) in [6.45, 7) is 5.88. The van der Waals surface area contributed by atoms with Crippen molar-refractivity contribution in [2.45, 2.75) is 26.5 Å². The summed E-state index contributed by atoms with van der Waals surface area (Å²) in [6.07, 6.45) is 1.15. The van der Waals surface area contributed by atoms with Crippen molar-refractivity contribution in [2.24, 2.45) is 0 Å². The number of ether oxygens (including phenoxy) is 1. The molecule has 0 atom stereocenters. The Bertz CT molecular complexity index is 634. The van der Waals surface area contributed by atoms with Gasteiger partial charge in [-0.2, -0.15) is 5.26 Å². The molecule has 1 aromatic heterocycles. The highest BCUT2D eigenvalue weighted by atomic mass is 16.5.